The standard InChI is InChI=1S/C15H19F3N2/c16-11-8-12(15(18)13(17)9-11)14(7-10-1-2-10)20-5-3-19-4-6-20/h8-10,14,19H,1-7H2/t14-/m1/s1. The summed E-state index contributed by atoms with van der Waals surface area (Å²) in [6.07, 6.45) is 3.07. The second kappa shape index (κ2) is 5.74. The van der Waals surface area contributed by atoms with E-state index in [0.717, 1.165) is 51.5 Å². The minimum absolute atomic E-state index is 0.177. The van der Waals surface area contributed by atoms with Gasteiger partial charge in [0.1, 0.15) is 5.82 Å². The number of benzene rings is 1. The first-order valence-electron chi connectivity index (χ1n) is 7.24. The van der Waals surface area contributed by atoms with E-state index in [1.807, 2.05) is 0 Å². The topological polar surface area (TPSA) is 15.3 Å². The van der Waals surface area contributed by atoms with Crippen LogP contribution in [-0.2, 0) is 0 Å². The van der Waals surface area contributed by atoms with E-state index in [9.17, 15) is 13.2 Å². The summed E-state index contributed by atoms with van der Waals surface area (Å²) in [5.41, 5.74) is 0.177. The number of hydrogen-bond acceptors (Lipinski definition) is 2. The van der Waals surface area contributed by atoms with Gasteiger partial charge in [-0.2, -0.15) is 0 Å². The maximum Gasteiger partial charge on any atom is 0.163 e. The molecule has 2 aliphatic rings. The number of hydrogen-bond donors (Lipinski definition) is 1. The molecular formula is C15H19F3N2. The van der Waals surface area contributed by atoms with Crippen LogP contribution in [0, 0.1) is 23.4 Å². The molecule has 1 aliphatic heterocycles. The first-order chi connectivity index (χ1) is 9.65. The van der Waals surface area contributed by atoms with Crippen LogP contribution >= 0.6 is 0 Å². The van der Waals surface area contributed by atoms with Gasteiger partial charge in [0.2, 0.25) is 0 Å². The van der Waals surface area contributed by atoms with E-state index in [2.05, 4.69) is 10.2 Å². The van der Waals surface area contributed by atoms with E-state index in [-0.39, 0.29) is 11.6 Å². The van der Waals surface area contributed by atoms with E-state index in [1.165, 1.54) is 0 Å². The Hall–Kier alpha value is -1.07. The lowest BCUT2D eigenvalue weighted by molar-refractivity contribution is 0.156. The Balaban J connectivity index is 1.90. The summed E-state index contributed by atoms with van der Waals surface area (Å²) in [4.78, 5) is 2.14. The molecule has 1 aromatic carbocycles. The average molecular weight is 284 g/mol. The first-order valence-corrected chi connectivity index (χ1v) is 7.24. The molecule has 0 radical (unpaired) electrons. The molecule has 0 aromatic heterocycles. The Bertz CT molecular complexity index is 482. The Morgan fingerprint density at radius 2 is 1.85 bits per heavy atom. The molecule has 1 atom stereocenters. The zero-order valence-corrected chi connectivity index (χ0v) is 11.3. The Kier molecular flexibility index (Phi) is 3.98. The van der Waals surface area contributed by atoms with E-state index >= 15 is 0 Å². The highest BCUT2D eigenvalue weighted by Crippen LogP contribution is 2.41. The predicted octanol–water partition coefficient (Wildman–Crippen LogP) is 2.85. The summed E-state index contributed by atoms with van der Waals surface area (Å²) < 4.78 is 41.0. The Morgan fingerprint density at radius 3 is 2.50 bits per heavy atom. The summed E-state index contributed by atoms with van der Waals surface area (Å²) in [5, 5.41) is 3.24. The summed E-state index contributed by atoms with van der Waals surface area (Å²) in [6.45, 7) is 3.24. The van der Waals surface area contributed by atoms with E-state index in [1.54, 1.807) is 0 Å². The number of nitrogens with one attached hydrogen (secondary N) is 1. The molecule has 0 amide bonds. The first kappa shape index (κ1) is 13.9. The largest absolute Gasteiger partial charge is 0.314 e. The molecule has 1 saturated heterocycles. The third-order valence-corrected chi connectivity index (χ3v) is 4.23. The lowest BCUT2D eigenvalue weighted by atomic mass is 9.97. The van der Waals surface area contributed by atoms with Crippen molar-refractivity contribution in [2.75, 3.05) is 26.2 Å². The Morgan fingerprint density at radius 1 is 1.15 bits per heavy atom. The molecule has 2 fully saturated rings. The van der Waals surface area contributed by atoms with Gasteiger partial charge in [-0.15, -0.1) is 0 Å². The van der Waals surface area contributed by atoms with Crippen LogP contribution in [0.5, 0.6) is 0 Å². The fourth-order valence-corrected chi connectivity index (χ4v) is 2.95. The summed E-state index contributed by atoms with van der Waals surface area (Å²) in [5.74, 6) is -2.11. The molecule has 1 aliphatic carbocycles. The minimum atomic E-state index is -1.09. The quantitative estimate of drug-likeness (QED) is 0.855. The molecule has 0 spiro atoms. The van der Waals surface area contributed by atoms with Gasteiger partial charge in [-0.3, -0.25) is 4.90 Å². The summed E-state index contributed by atoms with van der Waals surface area (Å²) in [6, 6.07) is 1.56. The molecule has 110 valence electrons. The molecule has 5 heteroatoms. The SMILES string of the molecule is Fc1cc(F)c(F)c([C@@H](CC2CC2)N2CCNCC2)c1. The lowest BCUT2D eigenvalue weighted by Gasteiger charge is -2.35. The second-order valence-corrected chi connectivity index (χ2v) is 5.77. The summed E-state index contributed by atoms with van der Waals surface area (Å²) >= 11 is 0. The van der Waals surface area contributed by atoms with Gasteiger partial charge in [-0.1, -0.05) is 12.8 Å². The zero-order chi connectivity index (χ0) is 14.1. The maximum absolute atomic E-state index is 14.1. The van der Waals surface area contributed by atoms with Crippen molar-refractivity contribution in [1.82, 2.24) is 10.2 Å². The van der Waals surface area contributed by atoms with Gasteiger partial charge in [-0.25, -0.2) is 13.2 Å². The van der Waals surface area contributed by atoms with Crippen molar-refractivity contribution >= 4 is 0 Å². The van der Waals surface area contributed by atoms with Gasteiger partial charge in [-0.05, 0) is 18.4 Å². The molecule has 1 aromatic rings. The molecule has 2 nitrogen and oxygen atoms in total. The van der Waals surface area contributed by atoms with Crippen molar-refractivity contribution in [3.8, 4) is 0 Å². The van der Waals surface area contributed by atoms with Crippen molar-refractivity contribution in [3.63, 3.8) is 0 Å². The van der Waals surface area contributed by atoms with Crippen molar-refractivity contribution in [2.24, 2.45) is 5.92 Å². The van der Waals surface area contributed by atoms with E-state index in [4.69, 9.17) is 0 Å². The highest BCUT2D eigenvalue weighted by atomic mass is 19.2. The maximum atomic E-state index is 14.1. The van der Waals surface area contributed by atoms with Crippen molar-refractivity contribution in [3.05, 3.63) is 35.1 Å². The second-order valence-electron chi connectivity index (χ2n) is 5.77. The van der Waals surface area contributed by atoms with Gasteiger partial charge in [0.15, 0.2) is 11.6 Å². The van der Waals surface area contributed by atoms with Crippen LogP contribution in [0.25, 0.3) is 0 Å². The molecule has 0 unspecified atom stereocenters. The fourth-order valence-electron chi connectivity index (χ4n) is 2.95. The van der Waals surface area contributed by atoms with Crippen LogP contribution in [0.4, 0.5) is 13.2 Å². The molecule has 1 N–H and O–H groups in total. The van der Waals surface area contributed by atoms with Crippen molar-refractivity contribution < 1.29 is 13.2 Å². The van der Waals surface area contributed by atoms with E-state index in [0.29, 0.717) is 12.0 Å². The van der Waals surface area contributed by atoms with E-state index < -0.39 is 17.5 Å². The van der Waals surface area contributed by atoms with Crippen LogP contribution in [0.15, 0.2) is 12.1 Å². The van der Waals surface area contributed by atoms with Crippen LogP contribution < -0.4 is 5.32 Å². The van der Waals surface area contributed by atoms with Gasteiger partial charge >= 0.3 is 0 Å². The van der Waals surface area contributed by atoms with Gasteiger partial charge in [0.25, 0.3) is 0 Å². The lowest BCUT2D eigenvalue weighted by Crippen LogP contribution is -2.45. The number of piperazine rings is 1. The van der Waals surface area contributed by atoms with Crippen LogP contribution in [0.3, 0.4) is 0 Å². The van der Waals surface area contributed by atoms with Gasteiger partial charge in [0.05, 0.1) is 0 Å². The number of rotatable bonds is 4. The molecule has 3 rings (SSSR count). The number of nitrogens with zero attached hydrogens (tertiary/aromatic N) is 1. The predicted molar refractivity (Wildman–Crippen MR) is 70.8 cm³/mol. The van der Waals surface area contributed by atoms with Crippen LogP contribution in [0.1, 0.15) is 30.9 Å². The highest BCUT2D eigenvalue weighted by Gasteiger charge is 2.32. The smallest absolute Gasteiger partial charge is 0.163 e. The van der Waals surface area contributed by atoms with Crippen LogP contribution in [-0.4, -0.2) is 31.1 Å². The molecule has 1 saturated carbocycles. The summed E-state index contributed by atoms with van der Waals surface area (Å²) in [7, 11) is 0. The third-order valence-electron chi connectivity index (χ3n) is 4.23. The van der Waals surface area contributed by atoms with Gasteiger partial charge in [0, 0.05) is 43.9 Å². The number of halogens is 3. The minimum Gasteiger partial charge on any atom is -0.314 e. The molecule has 1 heterocycles. The Labute approximate surface area is 117 Å². The molecule has 20 heavy (non-hydrogen) atoms. The van der Waals surface area contributed by atoms with Crippen molar-refractivity contribution in [2.45, 2.75) is 25.3 Å². The average Bonchev–Trinajstić information content (AvgIpc) is 3.25. The molecule has 0 bridgehead atoms. The van der Waals surface area contributed by atoms with Crippen LogP contribution in [0.2, 0.25) is 0 Å². The monoisotopic (exact) mass is 284 g/mol. The van der Waals surface area contributed by atoms with Crippen molar-refractivity contribution in [1.29, 1.82) is 0 Å². The normalized spacial score (nSPS) is 21.9. The molecular weight excluding hydrogens is 265 g/mol. The third kappa shape index (κ3) is 2.99. The zero-order valence-electron chi connectivity index (χ0n) is 11.3. The highest BCUT2D eigenvalue weighted by molar-refractivity contribution is 5.24. The fraction of sp³-hybridized carbons (Fsp3) is 0.600. The van der Waals surface area contributed by atoms with Gasteiger partial charge < -0.3 is 5.32 Å².